The predicted molar refractivity (Wildman–Crippen MR) is 61.7 cm³/mol. The summed E-state index contributed by atoms with van der Waals surface area (Å²) in [6.45, 7) is 0. The molecule has 0 spiro atoms. The minimum Gasteiger partial charge on any atom is -0.375 e. The zero-order valence-electron chi connectivity index (χ0n) is 7.70. The summed E-state index contributed by atoms with van der Waals surface area (Å²) < 4.78 is 35.9. The molecule has 88 valence electrons. The maximum absolute atomic E-state index is 12.8. The average molecular weight is 284 g/mol. The molecule has 0 aromatic heterocycles. The highest BCUT2D eigenvalue weighted by Gasteiger charge is 2.15. The summed E-state index contributed by atoms with van der Waals surface area (Å²) in [5.41, 5.74) is 7.09. The summed E-state index contributed by atoms with van der Waals surface area (Å²) >= 11 is 9.86. The van der Waals surface area contributed by atoms with Crippen LogP contribution in [-0.4, -0.2) is 13.5 Å². The average Bonchev–Trinajstić information content (AvgIpc) is 2.19. The van der Waals surface area contributed by atoms with Crippen molar-refractivity contribution in [3.05, 3.63) is 29.0 Å². The number of hydrazine groups is 1. The third kappa shape index (κ3) is 3.27. The first-order valence-electron chi connectivity index (χ1n) is 3.85. The van der Waals surface area contributed by atoms with E-state index in [0.29, 0.717) is 0 Å². The van der Waals surface area contributed by atoms with Crippen molar-refractivity contribution in [2.75, 3.05) is 0 Å². The van der Waals surface area contributed by atoms with Crippen LogP contribution < -0.4 is 16.0 Å². The van der Waals surface area contributed by atoms with Crippen LogP contribution in [0.1, 0.15) is 0 Å². The molecule has 0 aliphatic carbocycles. The number of nitrogens with one attached hydrogen (secondary N) is 2. The molecule has 0 aliphatic heterocycles. The molecular weight excluding hydrogens is 277 g/mol. The monoisotopic (exact) mass is 283 g/mol. The number of sulfonamides is 1. The van der Waals surface area contributed by atoms with Gasteiger partial charge in [0.1, 0.15) is 5.82 Å². The van der Waals surface area contributed by atoms with E-state index < -0.39 is 15.8 Å². The Hall–Kier alpha value is -0.960. The van der Waals surface area contributed by atoms with Gasteiger partial charge in [0.05, 0.1) is 9.92 Å². The number of benzene rings is 1. The first-order chi connectivity index (χ1) is 7.33. The van der Waals surface area contributed by atoms with Crippen LogP contribution in [0.3, 0.4) is 0 Å². The smallest absolute Gasteiger partial charge is 0.257 e. The van der Waals surface area contributed by atoms with Gasteiger partial charge < -0.3 is 5.73 Å². The van der Waals surface area contributed by atoms with Gasteiger partial charge in [-0.25, -0.2) is 12.8 Å². The zero-order valence-corrected chi connectivity index (χ0v) is 10.1. The first-order valence-corrected chi connectivity index (χ1v) is 6.12. The van der Waals surface area contributed by atoms with E-state index >= 15 is 0 Å². The van der Waals surface area contributed by atoms with Crippen molar-refractivity contribution in [2.24, 2.45) is 5.73 Å². The Morgan fingerprint density at radius 3 is 2.62 bits per heavy atom. The van der Waals surface area contributed by atoms with Gasteiger partial charge in [0.2, 0.25) is 0 Å². The number of hydrogen-bond acceptors (Lipinski definition) is 3. The van der Waals surface area contributed by atoms with Crippen molar-refractivity contribution < 1.29 is 12.8 Å². The summed E-state index contributed by atoms with van der Waals surface area (Å²) in [4.78, 5) is 1.69. The van der Waals surface area contributed by atoms with Gasteiger partial charge in [-0.3, -0.25) is 5.43 Å². The lowest BCUT2D eigenvalue weighted by molar-refractivity contribution is 0.576. The van der Waals surface area contributed by atoms with Crippen molar-refractivity contribution in [2.45, 2.75) is 4.90 Å². The molecule has 1 aromatic rings. The molecule has 0 heterocycles. The van der Waals surface area contributed by atoms with Crippen LogP contribution in [-0.2, 0) is 10.0 Å². The van der Waals surface area contributed by atoms with Crippen LogP contribution in [0.5, 0.6) is 0 Å². The highest BCUT2D eigenvalue weighted by Crippen LogP contribution is 2.18. The van der Waals surface area contributed by atoms with Gasteiger partial charge in [0, 0.05) is 0 Å². The van der Waals surface area contributed by atoms with E-state index in [2.05, 4.69) is 17.6 Å². The largest absolute Gasteiger partial charge is 0.375 e. The maximum Gasteiger partial charge on any atom is 0.257 e. The number of halogens is 2. The van der Waals surface area contributed by atoms with Crippen molar-refractivity contribution >= 4 is 39.0 Å². The summed E-state index contributed by atoms with van der Waals surface area (Å²) in [6.07, 6.45) is 0. The summed E-state index contributed by atoms with van der Waals surface area (Å²) in [5, 5.41) is -0.532. The molecule has 4 N–H and O–H groups in total. The van der Waals surface area contributed by atoms with Gasteiger partial charge in [-0.2, -0.15) is 0 Å². The topological polar surface area (TPSA) is 84.2 Å². The second-order valence-electron chi connectivity index (χ2n) is 2.67. The molecule has 0 saturated heterocycles. The van der Waals surface area contributed by atoms with E-state index in [1.165, 1.54) is 0 Å². The fourth-order valence-electron chi connectivity index (χ4n) is 0.820. The molecule has 1 rings (SSSR count). The van der Waals surface area contributed by atoms with Gasteiger partial charge in [-0.15, -0.1) is 4.83 Å². The van der Waals surface area contributed by atoms with Crippen molar-refractivity contribution in [1.82, 2.24) is 10.3 Å². The van der Waals surface area contributed by atoms with E-state index in [1.807, 2.05) is 4.83 Å². The van der Waals surface area contributed by atoms with E-state index in [9.17, 15) is 12.8 Å². The number of nitrogens with two attached hydrogens (primary N) is 1. The minimum atomic E-state index is -3.87. The third-order valence-electron chi connectivity index (χ3n) is 1.51. The molecule has 1 aromatic carbocycles. The van der Waals surface area contributed by atoms with Crippen LogP contribution in [0.2, 0.25) is 5.02 Å². The Bertz CT molecular complexity index is 520. The molecule has 9 heteroatoms. The molecule has 16 heavy (non-hydrogen) atoms. The molecule has 0 fully saturated rings. The zero-order chi connectivity index (χ0) is 12.3. The third-order valence-corrected chi connectivity index (χ3v) is 3.15. The van der Waals surface area contributed by atoms with Crippen LogP contribution in [0, 0.1) is 5.82 Å². The molecule has 0 aliphatic rings. The van der Waals surface area contributed by atoms with Crippen LogP contribution in [0.25, 0.3) is 0 Å². The Labute approximate surface area is 102 Å². The first kappa shape index (κ1) is 13.1. The van der Waals surface area contributed by atoms with Gasteiger partial charge in [0.15, 0.2) is 5.11 Å². The van der Waals surface area contributed by atoms with Crippen LogP contribution in [0.4, 0.5) is 4.39 Å². The second kappa shape index (κ2) is 4.91. The van der Waals surface area contributed by atoms with Crippen molar-refractivity contribution in [1.29, 1.82) is 0 Å². The molecule has 0 bridgehead atoms. The lowest BCUT2D eigenvalue weighted by Gasteiger charge is -2.07. The minimum absolute atomic E-state index is 0.206. The Balaban J connectivity index is 2.99. The molecule has 0 saturated carbocycles. The number of rotatable bonds is 3. The maximum atomic E-state index is 12.8. The van der Waals surface area contributed by atoms with Crippen molar-refractivity contribution in [3.8, 4) is 0 Å². The van der Waals surface area contributed by atoms with Crippen molar-refractivity contribution in [3.63, 3.8) is 0 Å². The predicted octanol–water partition coefficient (Wildman–Crippen LogP) is 0.506. The molecule has 0 unspecified atom stereocenters. The highest BCUT2D eigenvalue weighted by molar-refractivity contribution is 7.89. The summed E-state index contributed by atoms with van der Waals surface area (Å²) in [5.74, 6) is -0.706. The van der Waals surface area contributed by atoms with Crippen LogP contribution >= 0.6 is 23.8 Å². The normalized spacial score (nSPS) is 11.1. The van der Waals surface area contributed by atoms with E-state index in [4.69, 9.17) is 17.3 Å². The molecule has 0 radical (unpaired) electrons. The van der Waals surface area contributed by atoms with Gasteiger partial charge >= 0.3 is 0 Å². The van der Waals surface area contributed by atoms with E-state index in [-0.39, 0.29) is 15.0 Å². The highest BCUT2D eigenvalue weighted by atomic mass is 35.5. The molecular formula is C7H7ClFN3O2S2. The lowest BCUT2D eigenvalue weighted by atomic mass is 10.3. The summed E-state index contributed by atoms with van der Waals surface area (Å²) in [7, 11) is -3.87. The SMILES string of the molecule is NC(=S)NNS(=O)(=O)c1ccc(F)c(Cl)c1. The Morgan fingerprint density at radius 1 is 1.50 bits per heavy atom. The number of hydrogen-bond donors (Lipinski definition) is 3. The molecule has 0 atom stereocenters. The molecule has 5 nitrogen and oxygen atoms in total. The fraction of sp³-hybridized carbons (Fsp3) is 0. The second-order valence-corrected chi connectivity index (χ2v) is 5.20. The van der Waals surface area contributed by atoms with Gasteiger partial charge in [0.25, 0.3) is 10.0 Å². The Kier molecular flexibility index (Phi) is 4.03. The molecule has 0 amide bonds. The van der Waals surface area contributed by atoms with E-state index in [0.717, 1.165) is 18.2 Å². The van der Waals surface area contributed by atoms with Gasteiger partial charge in [-0.1, -0.05) is 11.6 Å². The number of thiocarbonyl (C=S) groups is 1. The van der Waals surface area contributed by atoms with E-state index in [1.54, 1.807) is 0 Å². The standard InChI is InChI=1S/C7H7ClFN3O2S2/c8-5-3-4(1-2-6(5)9)16(13,14)12-11-7(10)15/h1-3,12H,(H3,10,11,15). The lowest BCUT2D eigenvalue weighted by Crippen LogP contribution is -2.44. The summed E-state index contributed by atoms with van der Waals surface area (Å²) in [6, 6.07) is 2.98. The van der Waals surface area contributed by atoms with Crippen LogP contribution in [0.15, 0.2) is 23.1 Å². The quantitative estimate of drug-likeness (QED) is 0.556. The Morgan fingerprint density at radius 2 is 2.12 bits per heavy atom. The van der Waals surface area contributed by atoms with Gasteiger partial charge in [-0.05, 0) is 30.4 Å². The fourth-order valence-corrected chi connectivity index (χ4v) is 2.06.